The van der Waals surface area contributed by atoms with Crippen molar-refractivity contribution in [3.05, 3.63) is 0 Å². The Morgan fingerprint density at radius 1 is 1.00 bits per heavy atom. The van der Waals surface area contributed by atoms with Crippen LogP contribution in [0.4, 0.5) is 0 Å². The van der Waals surface area contributed by atoms with Crippen molar-refractivity contribution in [3.8, 4) is 23.3 Å². The first-order valence-electron chi connectivity index (χ1n) is 5.54. The van der Waals surface area contributed by atoms with E-state index < -0.39 is 23.3 Å². The van der Waals surface area contributed by atoms with Gasteiger partial charge in [0.2, 0.25) is 23.3 Å². The van der Waals surface area contributed by atoms with Gasteiger partial charge in [-0.1, -0.05) is 26.2 Å². The van der Waals surface area contributed by atoms with Crippen LogP contribution in [-0.2, 0) is 0 Å². The molecule has 4 N–H and O–H groups in total. The summed E-state index contributed by atoms with van der Waals surface area (Å²) in [4.78, 5) is 0. The normalized spacial score (nSPS) is 12.9. The molecule has 1 aromatic heterocycles. The number of hydrogen-bond acceptors (Lipinski definition) is 4. The molecule has 0 saturated heterocycles. The van der Waals surface area contributed by atoms with Crippen LogP contribution in [0.5, 0.6) is 23.3 Å². The van der Waals surface area contributed by atoms with E-state index in [0.717, 1.165) is 30.3 Å². The van der Waals surface area contributed by atoms with Gasteiger partial charge in [0.1, 0.15) is 0 Å². The third-order valence-electron chi connectivity index (χ3n) is 2.77. The van der Waals surface area contributed by atoms with Gasteiger partial charge >= 0.3 is 0 Å². The zero-order valence-corrected chi connectivity index (χ0v) is 9.64. The minimum atomic E-state index is -0.667. The Kier molecular flexibility index (Phi) is 3.93. The van der Waals surface area contributed by atoms with E-state index >= 15 is 0 Å². The Balaban J connectivity index is 2.83. The quantitative estimate of drug-likeness (QED) is 0.584. The van der Waals surface area contributed by atoms with Crippen molar-refractivity contribution in [2.75, 3.05) is 0 Å². The number of unbranched alkanes of at least 4 members (excludes halogenated alkanes) is 2. The van der Waals surface area contributed by atoms with Gasteiger partial charge in [-0.3, -0.25) is 4.57 Å². The average Bonchev–Trinajstić information content (AvgIpc) is 2.44. The molecule has 1 heterocycles. The fourth-order valence-corrected chi connectivity index (χ4v) is 1.78. The molecule has 1 unspecified atom stereocenters. The highest BCUT2D eigenvalue weighted by Gasteiger charge is 2.24. The van der Waals surface area contributed by atoms with Crippen LogP contribution in [-0.4, -0.2) is 25.0 Å². The van der Waals surface area contributed by atoms with Crippen LogP contribution in [0.1, 0.15) is 45.6 Å². The van der Waals surface area contributed by atoms with Crippen LogP contribution in [0.25, 0.3) is 0 Å². The molecule has 0 aliphatic rings. The SMILES string of the molecule is CCCCCC(C)n1c(O)c(O)c(O)c1O. The van der Waals surface area contributed by atoms with Crippen molar-refractivity contribution in [3.63, 3.8) is 0 Å². The van der Waals surface area contributed by atoms with Gasteiger partial charge in [0.05, 0.1) is 0 Å². The number of aromatic nitrogens is 1. The molecule has 0 amide bonds. The average molecular weight is 229 g/mol. The van der Waals surface area contributed by atoms with Gasteiger partial charge in [-0.05, 0) is 13.3 Å². The van der Waals surface area contributed by atoms with Gasteiger partial charge in [0.15, 0.2) is 0 Å². The lowest BCUT2D eigenvalue weighted by molar-refractivity contribution is 0.316. The lowest BCUT2D eigenvalue weighted by Crippen LogP contribution is -2.03. The Labute approximate surface area is 94.6 Å². The van der Waals surface area contributed by atoms with Gasteiger partial charge in [0, 0.05) is 6.04 Å². The summed E-state index contributed by atoms with van der Waals surface area (Å²) >= 11 is 0. The zero-order valence-electron chi connectivity index (χ0n) is 9.64. The van der Waals surface area contributed by atoms with E-state index in [1.807, 2.05) is 6.92 Å². The first kappa shape index (κ1) is 12.5. The number of nitrogens with zero attached hydrogens (tertiary/aromatic N) is 1. The second-order valence-corrected chi connectivity index (χ2v) is 4.06. The van der Waals surface area contributed by atoms with Crippen molar-refractivity contribution >= 4 is 0 Å². The summed E-state index contributed by atoms with van der Waals surface area (Å²) < 4.78 is 1.14. The third-order valence-corrected chi connectivity index (χ3v) is 2.77. The van der Waals surface area contributed by atoms with Crippen LogP contribution in [0.3, 0.4) is 0 Å². The predicted molar refractivity (Wildman–Crippen MR) is 59.9 cm³/mol. The van der Waals surface area contributed by atoms with Gasteiger partial charge in [-0.2, -0.15) is 0 Å². The first-order valence-corrected chi connectivity index (χ1v) is 5.54. The molecule has 0 bridgehead atoms. The first-order chi connectivity index (χ1) is 7.50. The molecule has 0 aliphatic heterocycles. The second-order valence-electron chi connectivity index (χ2n) is 4.06. The van der Waals surface area contributed by atoms with E-state index in [4.69, 9.17) is 0 Å². The molecule has 0 radical (unpaired) electrons. The van der Waals surface area contributed by atoms with Gasteiger partial charge < -0.3 is 20.4 Å². The fraction of sp³-hybridized carbons (Fsp3) is 0.636. The smallest absolute Gasteiger partial charge is 0.241 e. The van der Waals surface area contributed by atoms with Crippen LogP contribution in [0, 0.1) is 0 Å². The summed E-state index contributed by atoms with van der Waals surface area (Å²) in [6.07, 6.45) is 3.90. The standard InChI is InChI=1S/C11H19NO4/c1-3-4-5-6-7(2)12-10(15)8(13)9(14)11(12)16/h7,13-16H,3-6H2,1-2H3. The lowest BCUT2D eigenvalue weighted by Gasteiger charge is -2.15. The molecular formula is C11H19NO4. The highest BCUT2D eigenvalue weighted by molar-refractivity contribution is 5.54. The number of hydrogen-bond donors (Lipinski definition) is 4. The summed E-state index contributed by atoms with van der Waals surface area (Å²) in [5.41, 5.74) is 0. The summed E-state index contributed by atoms with van der Waals surface area (Å²) in [5, 5.41) is 37.5. The molecule has 5 nitrogen and oxygen atoms in total. The molecule has 0 fully saturated rings. The lowest BCUT2D eigenvalue weighted by atomic mass is 10.1. The molecule has 1 rings (SSSR count). The molecule has 1 aromatic rings. The summed E-state index contributed by atoms with van der Waals surface area (Å²) in [6, 6.07) is -0.168. The number of rotatable bonds is 5. The molecule has 0 spiro atoms. The van der Waals surface area contributed by atoms with Crippen molar-refractivity contribution in [2.24, 2.45) is 0 Å². The molecule has 1 atom stereocenters. The third kappa shape index (κ3) is 2.18. The maximum absolute atomic E-state index is 9.52. The Morgan fingerprint density at radius 3 is 1.94 bits per heavy atom. The van der Waals surface area contributed by atoms with E-state index in [2.05, 4.69) is 6.92 Å². The van der Waals surface area contributed by atoms with Crippen LogP contribution < -0.4 is 0 Å². The molecule has 0 aliphatic carbocycles. The van der Waals surface area contributed by atoms with Crippen molar-refractivity contribution < 1.29 is 20.4 Å². The van der Waals surface area contributed by atoms with Gasteiger partial charge in [-0.15, -0.1) is 0 Å². The number of aromatic hydroxyl groups is 4. The monoisotopic (exact) mass is 229 g/mol. The second kappa shape index (κ2) is 5.01. The molecule has 0 aromatic carbocycles. The molecule has 92 valence electrons. The summed E-state index contributed by atoms with van der Waals surface area (Å²) in [5.74, 6) is -2.31. The largest absolute Gasteiger partial charge is 0.500 e. The van der Waals surface area contributed by atoms with Gasteiger partial charge in [0.25, 0.3) is 0 Å². The van der Waals surface area contributed by atoms with Crippen molar-refractivity contribution in [2.45, 2.75) is 45.6 Å². The van der Waals surface area contributed by atoms with E-state index in [9.17, 15) is 20.4 Å². The highest BCUT2D eigenvalue weighted by atomic mass is 16.4. The van der Waals surface area contributed by atoms with E-state index in [1.165, 1.54) is 0 Å². The minimum Gasteiger partial charge on any atom is -0.500 e. The van der Waals surface area contributed by atoms with E-state index in [1.54, 1.807) is 0 Å². The highest BCUT2D eigenvalue weighted by Crippen LogP contribution is 2.47. The topological polar surface area (TPSA) is 85.9 Å². The molecule has 5 heteroatoms. The minimum absolute atomic E-state index is 0.168. The zero-order chi connectivity index (χ0) is 12.3. The molecule has 0 saturated carbocycles. The predicted octanol–water partition coefficient (Wildman–Crippen LogP) is 2.45. The fourth-order valence-electron chi connectivity index (χ4n) is 1.78. The van der Waals surface area contributed by atoms with Crippen LogP contribution >= 0.6 is 0 Å². The summed E-state index contributed by atoms with van der Waals surface area (Å²) in [7, 11) is 0. The Morgan fingerprint density at radius 2 is 1.50 bits per heavy atom. The maximum Gasteiger partial charge on any atom is 0.241 e. The van der Waals surface area contributed by atoms with E-state index in [-0.39, 0.29) is 6.04 Å². The van der Waals surface area contributed by atoms with Crippen molar-refractivity contribution in [1.29, 1.82) is 0 Å². The van der Waals surface area contributed by atoms with Crippen LogP contribution in [0.2, 0.25) is 0 Å². The Bertz CT molecular complexity index is 334. The maximum atomic E-state index is 9.52. The molecular weight excluding hydrogens is 210 g/mol. The van der Waals surface area contributed by atoms with E-state index in [0.29, 0.717) is 0 Å². The summed E-state index contributed by atoms with van der Waals surface area (Å²) in [6.45, 7) is 3.90. The Hall–Kier alpha value is -1.52. The van der Waals surface area contributed by atoms with Crippen LogP contribution in [0.15, 0.2) is 0 Å². The molecule has 16 heavy (non-hydrogen) atoms. The van der Waals surface area contributed by atoms with Gasteiger partial charge in [-0.25, -0.2) is 0 Å². The van der Waals surface area contributed by atoms with Crippen molar-refractivity contribution in [1.82, 2.24) is 4.57 Å².